The van der Waals surface area contributed by atoms with Crippen LogP contribution in [0.4, 0.5) is 0 Å². The Hall–Kier alpha value is -3.67. The van der Waals surface area contributed by atoms with Crippen molar-refractivity contribution in [1.29, 1.82) is 0 Å². The summed E-state index contributed by atoms with van der Waals surface area (Å²) in [5, 5.41) is 0. The minimum absolute atomic E-state index is 0.115. The summed E-state index contributed by atoms with van der Waals surface area (Å²) in [5.41, 5.74) is 0. The van der Waals surface area contributed by atoms with E-state index >= 15 is 0 Å². The van der Waals surface area contributed by atoms with Gasteiger partial charge in [0, 0.05) is 19.3 Å². The third kappa shape index (κ3) is 47.2. The Labute approximate surface area is 375 Å². The Morgan fingerprint density at radius 1 is 0.344 bits per heavy atom. The first-order valence-corrected chi connectivity index (χ1v) is 24.7. The zero-order chi connectivity index (χ0) is 44.4. The summed E-state index contributed by atoms with van der Waals surface area (Å²) in [7, 11) is 0. The molecule has 0 saturated heterocycles. The van der Waals surface area contributed by atoms with Crippen molar-refractivity contribution >= 4 is 17.9 Å². The van der Waals surface area contributed by atoms with Gasteiger partial charge in [-0.25, -0.2) is 0 Å². The zero-order valence-corrected chi connectivity index (χ0v) is 39.4. The summed E-state index contributed by atoms with van der Waals surface area (Å²) >= 11 is 0. The van der Waals surface area contributed by atoms with Crippen molar-refractivity contribution in [2.24, 2.45) is 0 Å². The predicted octanol–water partition coefficient (Wildman–Crippen LogP) is 16.2. The van der Waals surface area contributed by atoms with E-state index in [2.05, 4.69) is 118 Å². The third-order valence-corrected chi connectivity index (χ3v) is 10.1. The Bertz CT molecular complexity index is 1250. The number of hydrogen-bond acceptors (Lipinski definition) is 6. The fraction of sp³-hybridized carbons (Fsp3) is 0.655. The maximum Gasteiger partial charge on any atom is 0.306 e. The second-order valence-corrected chi connectivity index (χ2v) is 16.0. The van der Waals surface area contributed by atoms with Crippen LogP contribution in [-0.4, -0.2) is 37.2 Å². The second-order valence-electron chi connectivity index (χ2n) is 16.0. The van der Waals surface area contributed by atoms with Gasteiger partial charge in [-0.2, -0.15) is 0 Å². The Morgan fingerprint density at radius 3 is 1.07 bits per heavy atom. The number of esters is 3. The molecule has 0 spiro atoms. The Balaban J connectivity index is 4.53. The van der Waals surface area contributed by atoms with Crippen molar-refractivity contribution in [1.82, 2.24) is 0 Å². The molecule has 0 bridgehead atoms. The van der Waals surface area contributed by atoms with E-state index in [0.29, 0.717) is 19.3 Å². The highest BCUT2D eigenvalue weighted by Crippen LogP contribution is 2.12. The van der Waals surface area contributed by atoms with Gasteiger partial charge in [0.2, 0.25) is 0 Å². The SMILES string of the molecule is CC/C=C\C/C=C\C/C=C\C/C=C\C/C=C\CCCC(=O)OCC(COC(=O)CCCCCCCCCCC)OC(=O)CCC/C=C\C/C=C\C/C=C\CCCCCCCC. The van der Waals surface area contributed by atoms with E-state index in [-0.39, 0.29) is 44.0 Å². The first-order chi connectivity index (χ1) is 30.0. The zero-order valence-electron chi connectivity index (χ0n) is 39.4. The molecule has 6 heteroatoms. The molecule has 6 nitrogen and oxygen atoms in total. The van der Waals surface area contributed by atoms with Gasteiger partial charge in [0.15, 0.2) is 6.10 Å². The lowest BCUT2D eigenvalue weighted by Gasteiger charge is -2.18. The van der Waals surface area contributed by atoms with E-state index in [0.717, 1.165) is 77.0 Å². The molecule has 61 heavy (non-hydrogen) atoms. The molecule has 0 aliphatic rings. The maximum atomic E-state index is 12.7. The van der Waals surface area contributed by atoms with E-state index in [1.54, 1.807) is 0 Å². The highest BCUT2D eigenvalue weighted by molar-refractivity contribution is 5.71. The van der Waals surface area contributed by atoms with Crippen molar-refractivity contribution in [2.45, 2.75) is 219 Å². The molecule has 0 rings (SSSR count). The van der Waals surface area contributed by atoms with Crippen LogP contribution in [0.3, 0.4) is 0 Å². The summed E-state index contributed by atoms with van der Waals surface area (Å²) in [4.78, 5) is 37.8. The molecule has 0 saturated carbocycles. The molecule has 1 atom stereocenters. The number of unbranched alkanes of at least 4 members (excludes halogenated alkanes) is 16. The number of ether oxygens (including phenoxy) is 3. The van der Waals surface area contributed by atoms with Crippen molar-refractivity contribution in [3.05, 3.63) is 97.2 Å². The molecule has 0 aromatic heterocycles. The molecule has 0 amide bonds. The largest absolute Gasteiger partial charge is 0.462 e. The number of carbonyl (C=O) groups is 3. The summed E-state index contributed by atoms with van der Waals surface area (Å²) in [5.74, 6) is -1.04. The van der Waals surface area contributed by atoms with Crippen molar-refractivity contribution < 1.29 is 28.6 Å². The molecule has 0 aromatic carbocycles. The predicted molar refractivity (Wildman–Crippen MR) is 260 cm³/mol. The minimum atomic E-state index is -0.824. The summed E-state index contributed by atoms with van der Waals surface area (Å²) in [6, 6.07) is 0. The number of hydrogen-bond donors (Lipinski definition) is 0. The van der Waals surface area contributed by atoms with Crippen LogP contribution in [0.5, 0.6) is 0 Å². The fourth-order valence-corrected chi connectivity index (χ4v) is 6.37. The van der Waals surface area contributed by atoms with Gasteiger partial charge in [-0.15, -0.1) is 0 Å². The molecule has 0 heterocycles. The standard InChI is InChI=1S/C55H90O6/c1-4-7-10-13-16-19-21-23-25-27-29-31-33-36-39-42-45-48-54(57)60-51-52(50-59-53(56)47-44-41-38-35-18-15-12-9-6-3)61-55(58)49-46-43-40-37-34-32-30-28-26-24-22-20-17-14-11-8-5-2/h7,10,16,19,23-26,29-32,36-37,39-40,52H,4-6,8-9,11-15,17-18,20-22,27-28,33-35,38,41-51H2,1-3H3/b10-7-,19-16-,25-23-,26-24-,31-29-,32-30-,39-36-,40-37-. The van der Waals surface area contributed by atoms with E-state index in [4.69, 9.17) is 14.2 Å². The van der Waals surface area contributed by atoms with Crippen molar-refractivity contribution in [2.75, 3.05) is 13.2 Å². The monoisotopic (exact) mass is 847 g/mol. The Kier molecular flexibility index (Phi) is 46.0. The normalized spacial score (nSPS) is 12.9. The van der Waals surface area contributed by atoms with Crippen LogP contribution < -0.4 is 0 Å². The van der Waals surface area contributed by atoms with Gasteiger partial charge in [0.25, 0.3) is 0 Å². The van der Waals surface area contributed by atoms with Crippen molar-refractivity contribution in [3.63, 3.8) is 0 Å². The van der Waals surface area contributed by atoms with Crippen molar-refractivity contribution in [3.8, 4) is 0 Å². The lowest BCUT2D eigenvalue weighted by molar-refractivity contribution is -0.167. The number of allylic oxidation sites excluding steroid dienone is 16. The van der Waals surface area contributed by atoms with Gasteiger partial charge in [0.05, 0.1) is 0 Å². The molecule has 1 unspecified atom stereocenters. The highest BCUT2D eigenvalue weighted by atomic mass is 16.6. The topological polar surface area (TPSA) is 78.9 Å². The molecular formula is C55H90O6. The first kappa shape index (κ1) is 57.3. The van der Waals surface area contributed by atoms with Crippen LogP contribution >= 0.6 is 0 Å². The molecule has 0 aromatic rings. The maximum absolute atomic E-state index is 12.7. The minimum Gasteiger partial charge on any atom is -0.462 e. The fourth-order valence-electron chi connectivity index (χ4n) is 6.37. The van der Waals surface area contributed by atoms with Gasteiger partial charge in [0.1, 0.15) is 13.2 Å². The van der Waals surface area contributed by atoms with E-state index in [1.165, 1.54) is 83.5 Å². The second kappa shape index (κ2) is 49.0. The van der Waals surface area contributed by atoms with Gasteiger partial charge >= 0.3 is 17.9 Å². The number of rotatable bonds is 43. The van der Waals surface area contributed by atoms with E-state index in [9.17, 15) is 14.4 Å². The lowest BCUT2D eigenvalue weighted by atomic mass is 10.1. The molecule has 0 aliphatic heterocycles. The molecule has 0 aliphatic carbocycles. The van der Waals surface area contributed by atoms with Crippen LogP contribution in [0.2, 0.25) is 0 Å². The van der Waals surface area contributed by atoms with Crippen LogP contribution in [-0.2, 0) is 28.6 Å². The summed E-state index contributed by atoms with van der Waals surface area (Å²) in [6.07, 6.45) is 64.1. The smallest absolute Gasteiger partial charge is 0.306 e. The first-order valence-electron chi connectivity index (χ1n) is 24.7. The lowest BCUT2D eigenvalue weighted by Crippen LogP contribution is -2.30. The number of carbonyl (C=O) groups excluding carboxylic acids is 3. The van der Waals surface area contributed by atoms with E-state index < -0.39 is 6.10 Å². The molecule has 0 radical (unpaired) electrons. The van der Waals surface area contributed by atoms with Crippen LogP contribution in [0.1, 0.15) is 213 Å². The van der Waals surface area contributed by atoms with Crippen LogP contribution in [0, 0.1) is 0 Å². The van der Waals surface area contributed by atoms with Gasteiger partial charge in [-0.3, -0.25) is 14.4 Å². The van der Waals surface area contributed by atoms with Crippen LogP contribution in [0.25, 0.3) is 0 Å². The van der Waals surface area contributed by atoms with Crippen LogP contribution in [0.15, 0.2) is 97.2 Å². The quantitative estimate of drug-likeness (QED) is 0.0263. The van der Waals surface area contributed by atoms with Gasteiger partial charge < -0.3 is 14.2 Å². The molecule has 0 fully saturated rings. The summed E-state index contributed by atoms with van der Waals surface area (Å²) < 4.78 is 16.6. The Morgan fingerprint density at radius 2 is 0.656 bits per heavy atom. The highest BCUT2D eigenvalue weighted by Gasteiger charge is 2.19. The van der Waals surface area contributed by atoms with E-state index in [1.807, 2.05) is 0 Å². The summed E-state index contributed by atoms with van der Waals surface area (Å²) in [6.45, 7) is 6.39. The van der Waals surface area contributed by atoms with Gasteiger partial charge in [-0.05, 0) is 89.9 Å². The average Bonchev–Trinajstić information content (AvgIpc) is 3.26. The molecular weight excluding hydrogens is 757 g/mol. The molecule has 0 N–H and O–H groups in total. The van der Waals surface area contributed by atoms with Gasteiger partial charge in [-0.1, -0.05) is 201 Å². The third-order valence-electron chi connectivity index (χ3n) is 10.1. The molecule has 346 valence electrons. The average molecular weight is 847 g/mol.